The van der Waals surface area contributed by atoms with Gasteiger partial charge in [0.15, 0.2) is 0 Å². The lowest BCUT2D eigenvalue weighted by Crippen LogP contribution is -2.41. The van der Waals surface area contributed by atoms with E-state index in [0.717, 1.165) is 25.8 Å². The molecule has 0 saturated heterocycles. The van der Waals surface area contributed by atoms with Gasteiger partial charge < -0.3 is 15.7 Å². The Hall–Kier alpha value is -1.14. The average molecular weight is 288 g/mol. The van der Waals surface area contributed by atoms with Gasteiger partial charge in [0.05, 0.1) is 12.1 Å². The summed E-state index contributed by atoms with van der Waals surface area (Å²) in [7, 11) is 0. The first kappa shape index (κ1) is 15.9. The molecular formula is C12H22ClN5O. The molecule has 3 N–H and O–H groups in total. The van der Waals surface area contributed by atoms with E-state index in [4.69, 9.17) is 11.6 Å². The topological polar surface area (TPSA) is 83.0 Å². The third-order valence-corrected chi connectivity index (χ3v) is 3.34. The largest absolute Gasteiger partial charge is 0.394 e. The van der Waals surface area contributed by atoms with Gasteiger partial charge in [-0.3, -0.25) is 0 Å². The molecule has 1 rings (SSSR count). The average Bonchev–Trinajstić information content (AvgIpc) is 2.42. The number of halogens is 1. The summed E-state index contributed by atoms with van der Waals surface area (Å²) in [6.45, 7) is 6.85. The maximum atomic E-state index is 9.54. The zero-order valence-electron chi connectivity index (χ0n) is 11.7. The molecule has 1 aromatic heterocycles. The Balaban J connectivity index is 2.90. The summed E-state index contributed by atoms with van der Waals surface area (Å²) in [5.74, 6) is 0.833. The molecule has 1 aromatic rings. The number of rotatable bonds is 8. The van der Waals surface area contributed by atoms with Crippen LogP contribution < -0.4 is 10.6 Å². The lowest BCUT2D eigenvalue weighted by molar-refractivity contribution is 0.201. The first-order valence-corrected chi connectivity index (χ1v) is 7.01. The molecule has 0 radical (unpaired) electrons. The quantitative estimate of drug-likeness (QED) is 0.680. The van der Waals surface area contributed by atoms with E-state index in [-0.39, 0.29) is 11.9 Å². The van der Waals surface area contributed by atoms with E-state index in [0.29, 0.717) is 11.9 Å². The first-order valence-electron chi connectivity index (χ1n) is 6.63. The van der Waals surface area contributed by atoms with Crippen molar-refractivity contribution in [3.8, 4) is 0 Å². The standard InChI is InChI=1S/C12H22ClN5O/c1-4-7-14-10-15-9(13)16-11(17-10)18-12(5-2,6-3)8-19/h19H,4-8H2,1-3H3,(H2,14,15,16,17,18). The van der Waals surface area contributed by atoms with E-state index >= 15 is 0 Å². The Bertz CT molecular complexity index is 389. The summed E-state index contributed by atoms with van der Waals surface area (Å²) in [6.07, 6.45) is 2.50. The second-order valence-electron chi connectivity index (χ2n) is 4.45. The van der Waals surface area contributed by atoms with Crippen molar-refractivity contribution in [1.82, 2.24) is 15.0 Å². The van der Waals surface area contributed by atoms with Crippen molar-refractivity contribution >= 4 is 23.5 Å². The highest BCUT2D eigenvalue weighted by atomic mass is 35.5. The Morgan fingerprint density at radius 3 is 2.26 bits per heavy atom. The van der Waals surface area contributed by atoms with Gasteiger partial charge in [-0.05, 0) is 30.9 Å². The van der Waals surface area contributed by atoms with E-state index in [2.05, 4.69) is 32.5 Å². The second-order valence-corrected chi connectivity index (χ2v) is 4.79. The van der Waals surface area contributed by atoms with Crippen LogP contribution in [-0.2, 0) is 0 Å². The third kappa shape index (κ3) is 4.47. The fourth-order valence-electron chi connectivity index (χ4n) is 1.65. The number of hydrogen-bond donors (Lipinski definition) is 3. The summed E-state index contributed by atoms with van der Waals surface area (Å²) >= 11 is 5.88. The van der Waals surface area contributed by atoms with E-state index in [9.17, 15) is 5.11 Å². The van der Waals surface area contributed by atoms with Gasteiger partial charge in [-0.1, -0.05) is 20.8 Å². The molecule has 0 aliphatic carbocycles. The molecular weight excluding hydrogens is 266 g/mol. The normalized spacial score (nSPS) is 11.4. The van der Waals surface area contributed by atoms with E-state index in [1.165, 1.54) is 0 Å². The van der Waals surface area contributed by atoms with Crippen LogP contribution in [0, 0.1) is 0 Å². The van der Waals surface area contributed by atoms with Gasteiger partial charge in [0, 0.05) is 6.54 Å². The van der Waals surface area contributed by atoms with Gasteiger partial charge in [0.1, 0.15) is 0 Å². The summed E-state index contributed by atoms with van der Waals surface area (Å²) < 4.78 is 0. The molecule has 7 heteroatoms. The SMILES string of the molecule is CCCNc1nc(Cl)nc(NC(CC)(CC)CO)n1. The number of aromatic nitrogens is 3. The van der Waals surface area contributed by atoms with E-state index in [1.54, 1.807) is 0 Å². The van der Waals surface area contributed by atoms with Gasteiger partial charge in [0.2, 0.25) is 17.2 Å². The molecule has 0 fully saturated rings. The third-order valence-electron chi connectivity index (χ3n) is 3.17. The van der Waals surface area contributed by atoms with Crippen LogP contribution in [0.3, 0.4) is 0 Å². The van der Waals surface area contributed by atoms with E-state index < -0.39 is 5.54 Å². The van der Waals surface area contributed by atoms with Crippen molar-refractivity contribution in [2.24, 2.45) is 0 Å². The minimum atomic E-state index is -0.424. The number of anilines is 2. The highest BCUT2D eigenvalue weighted by Gasteiger charge is 2.26. The lowest BCUT2D eigenvalue weighted by Gasteiger charge is -2.30. The molecule has 0 saturated carbocycles. The maximum absolute atomic E-state index is 9.54. The van der Waals surface area contributed by atoms with Crippen LogP contribution in [0.25, 0.3) is 0 Å². The highest BCUT2D eigenvalue weighted by Crippen LogP contribution is 2.20. The second kappa shape index (κ2) is 7.45. The van der Waals surface area contributed by atoms with Gasteiger partial charge in [-0.15, -0.1) is 0 Å². The Morgan fingerprint density at radius 1 is 1.11 bits per heavy atom. The molecule has 0 aliphatic heterocycles. The molecule has 1 heterocycles. The Morgan fingerprint density at radius 2 is 1.74 bits per heavy atom. The predicted molar refractivity (Wildman–Crippen MR) is 77.6 cm³/mol. The molecule has 0 unspecified atom stereocenters. The smallest absolute Gasteiger partial charge is 0.229 e. The Kier molecular flexibility index (Phi) is 6.24. The monoisotopic (exact) mass is 287 g/mol. The Labute approximate surface area is 119 Å². The van der Waals surface area contributed by atoms with Crippen molar-refractivity contribution < 1.29 is 5.11 Å². The minimum absolute atomic E-state index is 0.0149. The van der Waals surface area contributed by atoms with Crippen molar-refractivity contribution in [3.05, 3.63) is 5.28 Å². The van der Waals surface area contributed by atoms with Crippen molar-refractivity contribution in [3.63, 3.8) is 0 Å². The van der Waals surface area contributed by atoms with Crippen molar-refractivity contribution in [1.29, 1.82) is 0 Å². The molecule has 6 nitrogen and oxygen atoms in total. The maximum Gasteiger partial charge on any atom is 0.229 e. The van der Waals surface area contributed by atoms with Crippen LogP contribution in [0.4, 0.5) is 11.9 Å². The van der Waals surface area contributed by atoms with Crippen LogP contribution >= 0.6 is 11.6 Å². The van der Waals surface area contributed by atoms with Crippen LogP contribution in [0.5, 0.6) is 0 Å². The fraction of sp³-hybridized carbons (Fsp3) is 0.750. The number of hydrogen-bond acceptors (Lipinski definition) is 6. The van der Waals surface area contributed by atoms with Crippen molar-refractivity contribution in [2.45, 2.75) is 45.6 Å². The number of nitrogens with one attached hydrogen (secondary N) is 2. The molecule has 0 amide bonds. The summed E-state index contributed by atoms with van der Waals surface area (Å²) in [6, 6.07) is 0. The highest BCUT2D eigenvalue weighted by molar-refractivity contribution is 6.28. The van der Waals surface area contributed by atoms with Gasteiger partial charge in [-0.2, -0.15) is 15.0 Å². The van der Waals surface area contributed by atoms with Gasteiger partial charge in [0.25, 0.3) is 0 Å². The van der Waals surface area contributed by atoms with Crippen molar-refractivity contribution in [2.75, 3.05) is 23.8 Å². The number of aliphatic hydroxyl groups is 1. The lowest BCUT2D eigenvalue weighted by atomic mass is 9.94. The zero-order chi connectivity index (χ0) is 14.3. The van der Waals surface area contributed by atoms with Gasteiger partial charge in [-0.25, -0.2) is 0 Å². The number of nitrogens with zero attached hydrogens (tertiary/aromatic N) is 3. The molecule has 108 valence electrons. The molecule has 0 bridgehead atoms. The molecule has 0 aliphatic rings. The zero-order valence-corrected chi connectivity index (χ0v) is 12.5. The predicted octanol–water partition coefficient (Wildman–Crippen LogP) is 2.31. The molecule has 0 aromatic carbocycles. The first-order chi connectivity index (χ1) is 9.09. The fourth-order valence-corrected chi connectivity index (χ4v) is 1.81. The summed E-state index contributed by atoms with van der Waals surface area (Å²) in [4.78, 5) is 12.3. The number of aliphatic hydroxyl groups excluding tert-OH is 1. The molecule has 19 heavy (non-hydrogen) atoms. The van der Waals surface area contributed by atoms with Crippen LogP contribution in [-0.4, -0.2) is 38.7 Å². The molecule has 0 atom stereocenters. The van der Waals surface area contributed by atoms with Crippen LogP contribution in [0.2, 0.25) is 5.28 Å². The van der Waals surface area contributed by atoms with Gasteiger partial charge >= 0.3 is 0 Å². The van der Waals surface area contributed by atoms with E-state index in [1.807, 2.05) is 13.8 Å². The van der Waals surface area contributed by atoms with Crippen LogP contribution in [0.15, 0.2) is 0 Å². The summed E-state index contributed by atoms with van der Waals surface area (Å²) in [5, 5.41) is 15.9. The summed E-state index contributed by atoms with van der Waals surface area (Å²) in [5.41, 5.74) is -0.424. The molecule has 0 spiro atoms. The minimum Gasteiger partial charge on any atom is -0.394 e. The van der Waals surface area contributed by atoms with Crippen LogP contribution in [0.1, 0.15) is 40.0 Å².